The second-order valence-corrected chi connectivity index (χ2v) is 7.76. The zero-order valence-electron chi connectivity index (χ0n) is 12.9. The van der Waals surface area contributed by atoms with Crippen molar-refractivity contribution in [2.24, 2.45) is 0 Å². The molecule has 24 heavy (non-hydrogen) atoms. The molecule has 0 fully saturated rings. The second-order valence-electron chi connectivity index (χ2n) is 5.16. The summed E-state index contributed by atoms with van der Waals surface area (Å²) in [5.41, 5.74) is 1.07. The van der Waals surface area contributed by atoms with Crippen LogP contribution in [0.15, 0.2) is 58.3 Å². The normalized spacial score (nSPS) is 11.6. The summed E-state index contributed by atoms with van der Waals surface area (Å²) in [5.74, 6) is 0.274. The predicted molar refractivity (Wildman–Crippen MR) is 94.2 cm³/mol. The van der Waals surface area contributed by atoms with Gasteiger partial charge in [0.05, 0.1) is 12.7 Å². The molecule has 2 aromatic heterocycles. The number of nitrogens with zero attached hydrogens (tertiary/aromatic N) is 4. The molecule has 2 heterocycles. The van der Waals surface area contributed by atoms with Gasteiger partial charge in [0.25, 0.3) is 10.0 Å². The maximum absolute atomic E-state index is 12.3. The van der Waals surface area contributed by atoms with Crippen LogP contribution in [0.1, 0.15) is 12.5 Å². The molecule has 3 aromatic rings. The Labute approximate surface area is 148 Å². The number of hydrogen-bond donors (Lipinski definition) is 1. The van der Waals surface area contributed by atoms with E-state index in [9.17, 15) is 8.42 Å². The van der Waals surface area contributed by atoms with Crippen molar-refractivity contribution in [3.63, 3.8) is 0 Å². The smallest absolute Gasteiger partial charge is 0.266 e. The molecule has 0 unspecified atom stereocenters. The van der Waals surface area contributed by atoms with Gasteiger partial charge in [-0.2, -0.15) is 10.2 Å². The lowest BCUT2D eigenvalue weighted by molar-refractivity contribution is 0.600. The predicted octanol–water partition coefficient (Wildman–Crippen LogP) is 2.71. The van der Waals surface area contributed by atoms with Crippen molar-refractivity contribution in [2.75, 3.05) is 4.72 Å². The summed E-state index contributed by atoms with van der Waals surface area (Å²) >= 11 is 3.39. The lowest BCUT2D eigenvalue weighted by Crippen LogP contribution is -2.13. The summed E-state index contributed by atoms with van der Waals surface area (Å²) in [4.78, 5) is 0.117. The van der Waals surface area contributed by atoms with Gasteiger partial charge in [-0.1, -0.05) is 28.1 Å². The number of rotatable bonds is 6. The maximum atomic E-state index is 12.3. The van der Waals surface area contributed by atoms with E-state index < -0.39 is 10.0 Å². The van der Waals surface area contributed by atoms with Gasteiger partial charge in [0.1, 0.15) is 4.90 Å². The van der Waals surface area contributed by atoms with Gasteiger partial charge in [0.2, 0.25) is 0 Å². The van der Waals surface area contributed by atoms with Gasteiger partial charge in [0.15, 0.2) is 5.82 Å². The number of aromatic nitrogens is 4. The fraction of sp³-hybridized carbons (Fsp3) is 0.200. The van der Waals surface area contributed by atoms with Crippen LogP contribution in [0, 0.1) is 0 Å². The van der Waals surface area contributed by atoms with Crippen LogP contribution in [0.4, 0.5) is 5.82 Å². The van der Waals surface area contributed by atoms with Crippen molar-refractivity contribution >= 4 is 31.8 Å². The Morgan fingerprint density at radius 2 is 1.92 bits per heavy atom. The van der Waals surface area contributed by atoms with E-state index >= 15 is 0 Å². The molecule has 7 nitrogen and oxygen atoms in total. The molecule has 0 spiro atoms. The molecule has 1 aromatic carbocycles. The van der Waals surface area contributed by atoms with E-state index in [4.69, 9.17) is 0 Å². The summed E-state index contributed by atoms with van der Waals surface area (Å²) in [6, 6.07) is 9.49. The molecule has 3 rings (SSSR count). The number of benzene rings is 1. The number of sulfonamides is 1. The fourth-order valence-corrected chi connectivity index (χ4v) is 3.35. The lowest BCUT2D eigenvalue weighted by atomic mass is 10.2. The van der Waals surface area contributed by atoms with Crippen LogP contribution in [-0.2, 0) is 23.1 Å². The molecule has 1 N–H and O–H groups in total. The molecule has 0 saturated heterocycles. The zero-order chi connectivity index (χ0) is 17.2. The first-order valence-electron chi connectivity index (χ1n) is 7.29. The quantitative estimate of drug-likeness (QED) is 0.678. The summed E-state index contributed by atoms with van der Waals surface area (Å²) in [7, 11) is -3.68. The molecule has 126 valence electrons. The fourth-order valence-electron chi connectivity index (χ4n) is 2.13. The molecule has 0 saturated carbocycles. The SMILES string of the molecule is CCn1cc(S(=O)(=O)Nc2ccn(Cc3ccc(Br)cc3)n2)cn1. The van der Waals surface area contributed by atoms with E-state index in [1.807, 2.05) is 31.2 Å². The van der Waals surface area contributed by atoms with E-state index in [0.29, 0.717) is 13.1 Å². The number of hydrogen-bond acceptors (Lipinski definition) is 4. The summed E-state index contributed by atoms with van der Waals surface area (Å²) in [6.45, 7) is 3.06. The van der Waals surface area contributed by atoms with Crippen LogP contribution >= 0.6 is 15.9 Å². The van der Waals surface area contributed by atoms with Crippen LogP contribution in [0.3, 0.4) is 0 Å². The van der Waals surface area contributed by atoms with Gasteiger partial charge < -0.3 is 0 Å². The zero-order valence-corrected chi connectivity index (χ0v) is 15.3. The summed E-state index contributed by atoms with van der Waals surface area (Å²) < 4.78 is 31.3. The molecular weight excluding hydrogens is 394 g/mol. The van der Waals surface area contributed by atoms with Gasteiger partial charge in [0, 0.05) is 29.5 Å². The Kier molecular flexibility index (Phi) is 4.72. The van der Waals surface area contributed by atoms with Crippen LogP contribution in [0.25, 0.3) is 0 Å². The molecule has 0 aliphatic rings. The van der Waals surface area contributed by atoms with E-state index in [2.05, 4.69) is 30.8 Å². The van der Waals surface area contributed by atoms with Crippen LogP contribution in [0.2, 0.25) is 0 Å². The number of aryl methyl sites for hydroxylation is 1. The standard InChI is InChI=1S/C15H16BrN5O2S/c1-2-20-11-14(9-17-20)24(22,23)19-15-7-8-21(18-15)10-12-3-5-13(16)6-4-12/h3-9,11H,2,10H2,1H3,(H,18,19). The minimum atomic E-state index is -3.68. The summed E-state index contributed by atoms with van der Waals surface area (Å²) in [6.07, 6.45) is 4.54. The third-order valence-electron chi connectivity index (χ3n) is 3.38. The first kappa shape index (κ1) is 16.7. The molecule has 0 atom stereocenters. The van der Waals surface area contributed by atoms with Crippen molar-refractivity contribution in [3.8, 4) is 0 Å². The van der Waals surface area contributed by atoms with E-state index in [1.54, 1.807) is 21.6 Å². The molecule has 9 heteroatoms. The second kappa shape index (κ2) is 6.78. The van der Waals surface area contributed by atoms with Gasteiger partial charge in [-0.15, -0.1) is 0 Å². The van der Waals surface area contributed by atoms with Crippen molar-refractivity contribution in [1.82, 2.24) is 19.6 Å². The van der Waals surface area contributed by atoms with Crippen molar-refractivity contribution in [1.29, 1.82) is 0 Å². The Morgan fingerprint density at radius 1 is 1.17 bits per heavy atom. The highest BCUT2D eigenvalue weighted by atomic mass is 79.9. The molecular formula is C15H16BrN5O2S. The minimum Gasteiger partial charge on any atom is -0.272 e. The van der Waals surface area contributed by atoms with Gasteiger partial charge >= 0.3 is 0 Å². The van der Waals surface area contributed by atoms with Crippen LogP contribution < -0.4 is 4.72 Å². The van der Waals surface area contributed by atoms with Crippen molar-refractivity contribution in [2.45, 2.75) is 24.9 Å². The number of anilines is 1. The van der Waals surface area contributed by atoms with E-state index in [0.717, 1.165) is 10.0 Å². The third-order valence-corrected chi connectivity index (χ3v) is 5.22. The first-order valence-corrected chi connectivity index (χ1v) is 9.57. The topological polar surface area (TPSA) is 81.8 Å². The van der Waals surface area contributed by atoms with Crippen LogP contribution in [0.5, 0.6) is 0 Å². The van der Waals surface area contributed by atoms with Gasteiger partial charge in [-0.3, -0.25) is 14.1 Å². The Hall–Kier alpha value is -2.13. The Morgan fingerprint density at radius 3 is 2.58 bits per heavy atom. The largest absolute Gasteiger partial charge is 0.272 e. The molecule has 0 aliphatic heterocycles. The molecule has 0 aliphatic carbocycles. The third kappa shape index (κ3) is 3.85. The van der Waals surface area contributed by atoms with Gasteiger partial charge in [-0.25, -0.2) is 8.42 Å². The highest BCUT2D eigenvalue weighted by molar-refractivity contribution is 9.10. The minimum absolute atomic E-state index is 0.117. The van der Waals surface area contributed by atoms with Crippen molar-refractivity contribution < 1.29 is 8.42 Å². The number of nitrogens with one attached hydrogen (secondary N) is 1. The monoisotopic (exact) mass is 409 g/mol. The first-order chi connectivity index (χ1) is 11.5. The Bertz CT molecular complexity index is 931. The average molecular weight is 410 g/mol. The van der Waals surface area contributed by atoms with Crippen molar-refractivity contribution in [3.05, 3.63) is 59.0 Å². The molecule has 0 radical (unpaired) electrons. The average Bonchev–Trinajstić information content (AvgIpc) is 3.19. The molecule has 0 amide bonds. The van der Waals surface area contributed by atoms with E-state index in [-0.39, 0.29) is 10.7 Å². The molecule has 0 bridgehead atoms. The summed E-state index contributed by atoms with van der Waals surface area (Å²) in [5, 5.41) is 8.23. The lowest BCUT2D eigenvalue weighted by Gasteiger charge is -2.04. The maximum Gasteiger partial charge on any atom is 0.266 e. The van der Waals surface area contributed by atoms with E-state index in [1.165, 1.54) is 12.4 Å². The highest BCUT2D eigenvalue weighted by Crippen LogP contribution is 2.15. The highest BCUT2D eigenvalue weighted by Gasteiger charge is 2.17. The number of halogens is 1. The van der Waals surface area contributed by atoms with Crippen LogP contribution in [-0.4, -0.2) is 28.0 Å². The van der Waals surface area contributed by atoms with Gasteiger partial charge in [-0.05, 0) is 24.6 Å². The Balaban J connectivity index is 1.72.